The van der Waals surface area contributed by atoms with Gasteiger partial charge in [0, 0.05) is 12.6 Å². The molecule has 1 aromatic rings. The first-order valence-electron chi connectivity index (χ1n) is 7.32. The molecule has 116 valence electrons. The lowest BCUT2D eigenvalue weighted by atomic mass is 10.1. The predicted octanol–water partition coefficient (Wildman–Crippen LogP) is 2.73. The minimum absolute atomic E-state index is 0.0423. The van der Waals surface area contributed by atoms with Crippen LogP contribution in [0.2, 0.25) is 0 Å². The molecule has 1 aliphatic rings. The van der Waals surface area contributed by atoms with E-state index in [4.69, 9.17) is 0 Å². The van der Waals surface area contributed by atoms with Crippen LogP contribution in [0.25, 0.3) is 0 Å². The average molecular weight is 311 g/mol. The van der Waals surface area contributed by atoms with Crippen molar-refractivity contribution in [3.05, 3.63) is 29.8 Å². The molecule has 1 fully saturated rings. The first-order chi connectivity index (χ1) is 9.98. The van der Waals surface area contributed by atoms with Gasteiger partial charge in [0.2, 0.25) is 10.0 Å². The molecular weight excluding hydrogens is 290 g/mol. The number of aromatic carboxylic acids is 1. The predicted molar refractivity (Wildman–Crippen MR) is 79.8 cm³/mol. The molecule has 1 aromatic carbocycles. The van der Waals surface area contributed by atoms with E-state index in [1.807, 2.05) is 6.92 Å². The van der Waals surface area contributed by atoms with Gasteiger partial charge in [-0.1, -0.05) is 31.9 Å². The molecule has 0 spiro atoms. The summed E-state index contributed by atoms with van der Waals surface area (Å²) in [5, 5.41) is 9.22. The molecule has 21 heavy (non-hydrogen) atoms. The van der Waals surface area contributed by atoms with Crippen LogP contribution >= 0.6 is 0 Å². The van der Waals surface area contributed by atoms with Crippen molar-refractivity contribution in [2.75, 3.05) is 6.54 Å². The fourth-order valence-corrected chi connectivity index (χ4v) is 4.82. The Labute approximate surface area is 125 Å². The van der Waals surface area contributed by atoms with E-state index < -0.39 is 16.0 Å². The standard InChI is InChI=1S/C15H21NO4S/c1-2-12-8-4-3-7-11-16(12)21(19,20)14-10-6-5-9-13(14)15(17)18/h5-6,9-10,12H,2-4,7-8,11H2,1H3,(H,17,18). The largest absolute Gasteiger partial charge is 0.478 e. The van der Waals surface area contributed by atoms with Crippen molar-refractivity contribution < 1.29 is 18.3 Å². The second-order valence-electron chi connectivity index (χ2n) is 5.33. The van der Waals surface area contributed by atoms with E-state index in [1.54, 1.807) is 12.1 Å². The van der Waals surface area contributed by atoms with Crippen LogP contribution in [-0.2, 0) is 10.0 Å². The Kier molecular flexibility index (Phi) is 5.00. The molecule has 6 heteroatoms. The summed E-state index contributed by atoms with van der Waals surface area (Å²) in [7, 11) is -3.77. The van der Waals surface area contributed by atoms with Crippen molar-refractivity contribution >= 4 is 16.0 Å². The number of carbonyl (C=O) groups is 1. The SMILES string of the molecule is CCC1CCCCCN1S(=O)(=O)c1ccccc1C(=O)O. The third-order valence-electron chi connectivity index (χ3n) is 4.00. The van der Waals surface area contributed by atoms with Crippen LogP contribution in [0.15, 0.2) is 29.2 Å². The summed E-state index contributed by atoms with van der Waals surface area (Å²) in [4.78, 5) is 11.2. The van der Waals surface area contributed by atoms with Crippen molar-refractivity contribution in [2.24, 2.45) is 0 Å². The molecule has 1 unspecified atom stereocenters. The van der Waals surface area contributed by atoms with E-state index >= 15 is 0 Å². The molecular formula is C15H21NO4S. The van der Waals surface area contributed by atoms with Crippen molar-refractivity contribution in [1.29, 1.82) is 0 Å². The van der Waals surface area contributed by atoms with Gasteiger partial charge in [0.25, 0.3) is 0 Å². The Morgan fingerprint density at radius 2 is 2.00 bits per heavy atom. The number of hydrogen-bond acceptors (Lipinski definition) is 3. The highest BCUT2D eigenvalue weighted by atomic mass is 32.2. The average Bonchev–Trinajstić information content (AvgIpc) is 2.72. The molecule has 0 saturated carbocycles. The monoisotopic (exact) mass is 311 g/mol. The molecule has 0 bridgehead atoms. The molecule has 1 heterocycles. The molecule has 1 atom stereocenters. The first-order valence-corrected chi connectivity index (χ1v) is 8.76. The van der Waals surface area contributed by atoms with Crippen molar-refractivity contribution in [1.82, 2.24) is 4.31 Å². The topological polar surface area (TPSA) is 74.7 Å². The highest BCUT2D eigenvalue weighted by molar-refractivity contribution is 7.89. The minimum Gasteiger partial charge on any atom is -0.478 e. The molecule has 0 amide bonds. The second kappa shape index (κ2) is 6.58. The van der Waals surface area contributed by atoms with Crippen molar-refractivity contribution in [3.8, 4) is 0 Å². The van der Waals surface area contributed by atoms with E-state index in [-0.39, 0.29) is 16.5 Å². The Balaban J connectivity index is 2.47. The Morgan fingerprint density at radius 1 is 1.29 bits per heavy atom. The molecule has 5 nitrogen and oxygen atoms in total. The zero-order chi connectivity index (χ0) is 15.5. The number of carboxylic acid groups (broad SMARTS) is 1. The Hall–Kier alpha value is -1.40. The maximum atomic E-state index is 12.9. The van der Waals surface area contributed by atoms with Crippen LogP contribution in [-0.4, -0.2) is 36.4 Å². The van der Waals surface area contributed by atoms with Gasteiger partial charge >= 0.3 is 5.97 Å². The third-order valence-corrected chi connectivity index (χ3v) is 6.01. The van der Waals surface area contributed by atoms with Gasteiger partial charge in [-0.2, -0.15) is 4.31 Å². The molecule has 0 radical (unpaired) electrons. The molecule has 2 rings (SSSR count). The highest BCUT2D eigenvalue weighted by Gasteiger charge is 2.33. The van der Waals surface area contributed by atoms with Crippen LogP contribution in [0.5, 0.6) is 0 Å². The van der Waals surface area contributed by atoms with Gasteiger partial charge in [-0.25, -0.2) is 13.2 Å². The van der Waals surface area contributed by atoms with Crippen LogP contribution < -0.4 is 0 Å². The maximum absolute atomic E-state index is 12.9. The zero-order valence-electron chi connectivity index (χ0n) is 12.2. The zero-order valence-corrected chi connectivity index (χ0v) is 13.0. The summed E-state index contributed by atoms with van der Waals surface area (Å²) in [6, 6.07) is 5.80. The molecule has 0 aromatic heterocycles. The fraction of sp³-hybridized carbons (Fsp3) is 0.533. The maximum Gasteiger partial charge on any atom is 0.337 e. The van der Waals surface area contributed by atoms with Gasteiger partial charge in [-0.05, 0) is 31.4 Å². The van der Waals surface area contributed by atoms with Crippen molar-refractivity contribution in [3.63, 3.8) is 0 Å². The van der Waals surface area contributed by atoms with Gasteiger partial charge in [-0.3, -0.25) is 0 Å². The number of sulfonamides is 1. The van der Waals surface area contributed by atoms with Crippen LogP contribution in [0.4, 0.5) is 0 Å². The number of benzene rings is 1. The molecule has 1 aliphatic heterocycles. The van der Waals surface area contributed by atoms with E-state index in [9.17, 15) is 18.3 Å². The van der Waals surface area contributed by atoms with Gasteiger partial charge < -0.3 is 5.11 Å². The van der Waals surface area contributed by atoms with E-state index in [0.717, 1.165) is 32.1 Å². The normalized spacial score (nSPS) is 20.9. The molecule has 1 N–H and O–H groups in total. The number of hydrogen-bond donors (Lipinski definition) is 1. The summed E-state index contributed by atoms with van der Waals surface area (Å²) in [5.41, 5.74) is -0.156. The number of nitrogens with zero attached hydrogens (tertiary/aromatic N) is 1. The van der Waals surface area contributed by atoms with E-state index in [0.29, 0.717) is 6.54 Å². The van der Waals surface area contributed by atoms with Gasteiger partial charge in [0.05, 0.1) is 10.5 Å². The quantitative estimate of drug-likeness (QED) is 0.927. The lowest BCUT2D eigenvalue weighted by Gasteiger charge is -2.28. The molecule has 0 aliphatic carbocycles. The van der Waals surface area contributed by atoms with E-state index in [1.165, 1.54) is 16.4 Å². The van der Waals surface area contributed by atoms with Gasteiger partial charge in [0.15, 0.2) is 0 Å². The Morgan fingerprint density at radius 3 is 2.67 bits per heavy atom. The van der Waals surface area contributed by atoms with E-state index in [2.05, 4.69) is 0 Å². The number of carboxylic acids is 1. The van der Waals surface area contributed by atoms with Gasteiger partial charge in [-0.15, -0.1) is 0 Å². The lowest BCUT2D eigenvalue weighted by Crippen LogP contribution is -2.40. The van der Waals surface area contributed by atoms with Crippen LogP contribution in [0.3, 0.4) is 0 Å². The summed E-state index contributed by atoms with van der Waals surface area (Å²) >= 11 is 0. The lowest BCUT2D eigenvalue weighted by molar-refractivity contribution is 0.0692. The smallest absolute Gasteiger partial charge is 0.337 e. The Bertz CT molecular complexity index is 612. The fourth-order valence-electron chi connectivity index (χ4n) is 2.87. The summed E-state index contributed by atoms with van der Waals surface area (Å²) in [5.74, 6) is -1.21. The van der Waals surface area contributed by atoms with Crippen LogP contribution in [0, 0.1) is 0 Å². The van der Waals surface area contributed by atoms with Gasteiger partial charge in [0.1, 0.15) is 0 Å². The highest BCUT2D eigenvalue weighted by Crippen LogP contribution is 2.28. The summed E-state index contributed by atoms with van der Waals surface area (Å²) in [6.45, 7) is 2.44. The van der Waals surface area contributed by atoms with Crippen molar-refractivity contribution in [2.45, 2.75) is 50.0 Å². The van der Waals surface area contributed by atoms with Crippen LogP contribution in [0.1, 0.15) is 49.4 Å². The summed E-state index contributed by atoms with van der Waals surface area (Å²) in [6.07, 6.45) is 4.44. The molecule has 1 saturated heterocycles. The summed E-state index contributed by atoms with van der Waals surface area (Å²) < 4.78 is 27.3. The third kappa shape index (κ3) is 3.27. The number of rotatable bonds is 4. The first kappa shape index (κ1) is 16.0. The minimum atomic E-state index is -3.77. The second-order valence-corrected chi connectivity index (χ2v) is 7.19.